The fourth-order valence-electron chi connectivity index (χ4n) is 2.63. The van der Waals surface area contributed by atoms with Gasteiger partial charge < -0.3 is 5.32 Å². The number of aromatic nitrogens is 3. The number of rotatable bonds is 6. The molecule has 3 rings (SSSR count). The second kappa shape index (κ2) is 9.11. The lowest BCUT2D eigenvalue weighted by Crippen LogP contribution is -2.37. The standard InChI is InChI=1S/C20H18ClN5O3/c1-14(12-18(27)26(21)17-4-2-3-9-23-17)24-20(29)15-5-7-16(8-6-15)25-11-10-22-13-19(25)28/h2-11,13-14H,12H2,1H3,(H,24,29). The van der Waals surface area contributed by atoms with Crippen molar-refractivity contribution in [3.63, 3.8) is 0 Å². The van der Waals surface area contributed by atoms with E-state index in [4.69, 9.17) is 11.8 Å². The topological polar surface area (TPSA) is 97.2 Å². The first kappa shape index (κ1) is 20.2. The maximum absolute atomic E-state index is 12.4. The largest absolute Gasteiger partial charge is 0.349 e. The highest BCUT2D eigenvalue weighted by molar-refractivity contribution is 6.36. The first-order valence-electron chi connectivity index (χ1n) is 8.79. The zero-order chi connectivity index (χ0) is 20.8. The van der Waals surface area contributed by atoms with Crippen LogP contribution in [0.3, 0.4) is 0 Å². The minimum atomic E-state index is -0.442. The van der Waals surface area contributed by atoms with Gasteiger partial charge in [-0.2, -0.15) is 0 Å². The fourth-order valence-corrected chi connectivity index (χ4v) is 2.80. The van der Waals surface area contributed by atoms with Crippen molar-refractivity contribution >= 4 is 29.4 Å². The first-order chi connectivity index (χ1) is 14.0. The molecule has 1 unspecified atom stereocenters. The summed E-state index contributed by atoms with van der Waals surface area (Å²) in [7, 11) is 0. The fraction of sp³-hybridized carbons (Fsp3) is 0.150. The molecule has 1 atom stereocenters. The number of benzene rings is 1. The van der Waals surface area contributed by atoms with Crippen molar-refractivity contribution in [2.45, 2.75) is 19.4 Å². The molecule has 2 aromatic heterocycles. The van der Waals surface area contributed by atoms with E-state index in [2.05, 4.69) is 15.3 Å². The van der Waals surface area contributed by atoms with Gasteiger partial charge in [0.1, 0.15) is 0 Å². The molecule has 0 spiro atoms. The van der Waals surface area contributed by atoms with Gasteiger partial charge >= 0.3 is 0 Å². The van der Waals surface area contributed by atoms with Crippen LogP contribution in [0.2, 0.25) is 0 Å². The Morgan fingerprint density at radius 1 is 1.17 bits per heavy atom. The summed E-state index contributed by atoms with van der Waals surface area (Å²) in [4.78, 5) is 44.3. The predicted molar refractivity (Wildman–Crippen MR) is 109 cm³/mol. The van der Waals surface area contributed by atoms with E-state index in [1.165, 1.54) is 23.2 Å². The summed E-state index contributed by atoms with van der Waals surface area (Å²) in [6.45, 7) is 1.71. The van der Waals surface area contributed by atoms with E-state index in [0.717, 1.165) is 4.42 Å². The number of carbonyl (C=O) groups is 2. The molecule has 0 fully saturated rings. The zero-order valence-corrected chi connectivity index (χ0v) is 16.3. The van der Waals surface area contributed by atoms with Gasteiger partial charge in [-0.25, -0.2) is 9.40 Å². The van der Waals surface area contributed by atoms with Crippen molar-refractivity contribution in [2.24, 2.45) is 0 Å². The van der Waals surface area contributed by atoms with Gasteiger partial charge in [0, 0.05) is 54.1 Å². The van der Waals surface area contributed by atoms with Gasteiger partial charge in [-0.05, 0) is 43.3 Å². The highest BCUT2D eigenvalue weighted by Gasteiger charge is 2.19. The number of hydrogen-bond acceptors (Lipinski definition) is 5. The van der Waals surface area contributed by atoms with Crippen molar-refractivity contribution in [1.29, 1.82) is 0 Å². The number of nitrogens with zero attached hydrogens (tertiary/aromatic N) is 4. The van der Waals surface area contributed by atoms with E-state index < -0.39 is 6.04 Å². The van der Waals surface area contributed by atoms with Crippen molar-refractivity contribution in [3.8, 4) is 5.69 Å². The van der Waals surface area contributed by atoms with E-state index in [0.29, 0.717) is 17.1 Å². The Morgan fingerprint density at radius 3 is 2.59 bits per heavy atom. The van der Waals surface area contributed by atoms with Crippen molar-refractivity contribution < 1.29 is 9.59 Å². The Hall–Kier alpha value is -3.52. The van der Waals surface area contributed by atoms with Crippen LogP contribution in [0.5, 0.6) is 0 Å². The molecule has 2 amide bonds. The SMILES string of the molecule is CC(CC(=O)N(Cl)c1ccccn1)NC(=O)c1ccc(-n2ccncc2=O)cc1. The summed E-state index contributed by atoms with van der Waals surface area (Å²) in [6, 6.07) is 11.1. The van der Waals surface area contributed by atoms with E-state index in [1.54, 1.807) is 55.6 Å². The van der Waals surface area contributed by atoms with Crippen LogP contribution in [-0.4, -0.2) is 32.4 Å². The number of pyridine rings is 1. The molecule has 3 aromatic rings. The Morgan fingerprint density at radius 2 is 1.93 bits per heavy atom. The maximum Gasteiger partial charge on any atom is 0.273 e. The molecule has 2 heterocycles. The lowest BCUT2D eigenvalue weighted by atomic mass is 10.1. The van der Waals surface area contributed by atoms with Gasteiger partial charge in [0.25, 0.3) is 11.5 Å². The van der Waals surface area contributed by atoms with Crippen molar-refractivity contribution in [1.82, 2.24) is 19.9 Å². The van der Waals surface area contributed by atoms with Crippen molar-refractivity contribution in [3.05, 3.63) is 83.2 Å². The van der Waals surface area contributed by atoms with Crippen LogP contribution in [0.4, 0.5) is 5.82 Å². The number of carbonyl (C=O) groups excluding carboxylic acids is 2. The summed E-state index contributed by atoms with van der Waals surface area (Å²) in [5.74, 6) is -0.400. The van der Waals surface area contributed by atoms with Crippen LogP contribution in [-0.2, 0) is 4.79 Å². The van der Waals surface area contributed by atoms with Crippen LogP contribution in [0.25, 0.3) is 5.69 Å². The number of amides is 2. The van der Waals surface area contributed by atoms with Crippen LogP contribution in [0.15, 0.2) is 72.0 Å². The average molecular weight is 412 g/mol. The molecule has 0 saturated heterocycles. The van der Waals surface area contributed by atoms with Gasteiger partial charge in [-0.1, -0.05) is 6.07 Å². The summed E-state index contributed by atoms with van der Waals surface area (Å²) in [5, 5.41) is 2.76. The molecule has 0 saturated carbocycles. The molecule has 29 heavy (non-hydrogen) atoms. The summed E-state index contributed by atoms with van der Waals surface area (Å²) >= 11 is 6.02. The van der Waals surface area contributed by atoms with Crippen LogP contribution < -0.4 is 15.3 Å². The third-order valence-corrected chi connectivity index (χ3v) is 4.42. The van der Waals surface area contributed by atoms with E-state index in [-0.39, 0.29) is 23.8 Å². The number of nitrogens with one attached hydrogen (secondary N) is 1. The number of hydrogen-bond donors (Lipinski definition) is 1. The third kappa shape index (κ3) is 5.05. The van der Waals surface area contributed by atoms with Crippen LogP contribution >= 0.6 is 11.8 Å². The van der Waals surface area contributed by atoms with E-state index in [9.17, 15) is 14.4 Å². The Balaban J connectivity index is 1.60. The molecule has 1 N–H and O–H groups in total. The smallest absolute Gasteiger partial charge is 0.273 e. The minimum absolute atomic E-state index is 0.0102. The van der Waals surface area contributed by atoms with Gasteiger partial charge in [-0.3, -0.25) is 23.9 Å². The molecule has 0 aliphatic rings. The Bertz CT molecular complexity index is 1050. The third-order valence-electron chi connectivity index (χ3n) is 4.06. The molecular weight excluding hydrogens is 394 g/mol. The monoisotopic (exact) mass is 411 g/mol. The maximum atomic E-state index is 12.4. The summed E-state index contributed by atoms with van der Waals surface area (Å²) in [6.07, 6.45) is 5.81. The highest BCUT2D eigenvalue weighted by atomic mass is 35.5. The quantitative estimate of drug-likeness (QED) is 0.628. The number of halogens is 1. The molecule has 0 aliphatic carbocycles. The van der Waals surface area contributed by atoms with Crippen molar-refractivity contribution in [2.75, 3.05) is 4.42 Å². The lowest BCUT2D eigenvalue weighted by molar-refractivity contribution is -0.117. The minimum Gasteiger partial charge on any atom is -0.349 e. The molecule has 1 aromatic carbocycles. The van der Waals surface area contributed by atoms with Crippen LogP contribution in [0.1, 0.15) is 23.7 Å². The second-order valence-electron chi connectivity index (χ2n) is 6.27. The zero-order valence-electron chi connectivity index (χ0n) is 15.5. The lowest BCUT2D eigenvalue weighted by Gasteiger charge is -2.17. The summed E-state index contributed by atoms with van der Waals surface area (Å²) in [5.41, 5.74) is 0.753. The Labute approximate surface area is 171 Å². The van der Waals surface area contributed by atoms with E-state index >= 15 is 0 Å². The molecule has 0 bridgehead atoms. The molecule has 0 aliphatic heterocycles. The van der Waals surface area contributed by atoms with Gasteiger partial charge in [0.2, 0.25) is 5.91 Å². The molecule has 8 nitrogen and oxygen atoms in total. The number of anilines is 1. The molecule has 148 valence electrons. The normalized spacial score (nSPS) is 11.5. The van der Waals surface area contributed by atoms with Crippen LogP contribution in [0, 0.1) is 0 Å². The van der Waals surface area contributed by atoms with Gasteiger partial charge in [-0.15, -0.1) is 0 Å². The van der Waals surface area contributed by atoms with E-state index in [1.807, 2.05) is 0 Å². The molecule has 9 heteroatoms. The highest BCUT2D eigenvalue weighted by Crippen LogP contribution is 2.14. The Kier molecular flexibility index (Phi) is 6.36. The first-order valence-corrected chi connectivity index (χ1v) is 9.13. The average Bonchev–Trinajstić information content (AvgIpc) is 2.74. The van der Waals surface area contributed by atoms with Gasteiger partial charge in [0.05, 0.1) is 6.20 Å². The van der Waals surface area contributed by atoms with Gasteiger partial charge in [0.15, 0.2) is 5.82 Å². The molecular formula is C20H18ClN5O3. The predicted octanol–water partition coefficient (Wildman–Crippen LogP) is 2.32. The summed E-state index contributed by atoms with van der Waals surface area (Å²) < 4.78 is 2.35. The second-order valence-corrected chi connectivity index (χ2v) is 6.61. The molecule has 0 radical (unpaired) electrons.